The van der Waals surface area contributed by atoms with Crippen LogP contribution in [-0.2, 0) is 4.79 Å². The number of nitrogens with two attached hydrogens (primary N) is 1. The summed E-state index contributed by atoms with van der Waals surface area (Å²) < 4.78 is 0. The van der Waals surface area contributed by atoms with Crippen LogP contribution in [0, 0.1) is 5.92 Å². The zero-order chi connectivity index (χ0) is 13.0. The van der Waals surface area contributed by atoms with Crippen molar-refractivity contribution in [2.45, 2.75) is 26.3 Å². The van der Waals surface area contributed by atoms with E-state index in [2.05, 4.69) is 10.3 Å². The molecule has 0 fully saturated rings. The topological polar surface area (TPSA) is 105 Å². The Labute approximate surface area is 103 Å². The van der Waals surface area contributed by atoms with Gasteiger partial charge in [-0.2, -0.15) is 0 Å². The number of nitrogen functional groups attached to an aromatic ring is 1. The Hall–Kier alpha value is -1.63. The maximum atomic E-state index is 11.7. The molecule has 4 N–H and O–H groups in total. The fourth-order valence-corrected chi connectivity index (χ4v) is 1.83. The minimum Gasteiger partial charge on any atom is -0.480 e. The first-order chi connectivity index (χ1) is 7.95. The highest BCUT2D eigenvalue weighted by Crippen LogP contribution is 2.13. The van der Waals surface area contributed by atoms with E-state index < -0.39 is 17.9 Å². The first kappa shape index (κ1) is 13.4. The number of hydrogen-bond donors (Lipinski definition) is 3. The number of amides is 1. The summed E-state index contributed by atoms with van der Waals surface area (Å²) in [5.74, 6) is -1.70. The van der Waals surface area contributed by atoms with E-state index in [9.17, 15) is 9.59 Å². The molecule has 1 aromatic rings. The van der Waals surface area contributed by atoms with Crippen LogP contribution >= 0.6 is 11.3 Å². The molecule has 94 valence electrons. The molecule has 0 spiro atoms. The second-order valence-electron chi connectivity index (χ2n) is 3.75. The largest absolute Gasteiger partial charge is 0.480 e. The Bertz CT molecular complexity index is 419. The molecule has 0 aliphatic heterocycles. The van der Waals surface area contributed by atoms with Gasteiger partial charge in [-0.3, -0.25) is 4.79 Å². The predicted molar refractivity (Wildman–Crippen MR) is 64.9 cm³/mol. The van der Waals surface area contributed by atoms with Gasteiger partial charge in [0, 0.05) is 5.38 Å². The van der Waals surface area contributed by atoms with Gasteiger partial charge in [0.1, 0.15) is 11.7 Å². The Morgan fingerprint density at radius 2 is 2.29 bits per heavy atom. The molecular formula is C10H15N3O3S. The Morgan fingerprint density at radius 1 is 1.65 bits per heavy atom. The molecule has 1 amide bonds. The number of carboxylic acids is 1. The van der Waals surface area contributed by atoms with Gasteiger partial charge in [-0.15, -0.1) is 11.3 Å². The summed E-state index contributed by atoms with van der Waals surface area (Å²) >= 11 is 1.14. The highest BCUT2D eigenvalue weighted by atomic mass is 32.1. The molecule has 6 nitrogen and oxygen atoms in total. The van der Waals surface area contributed by atoms with Gasteiger partial charge in [-0.1, -0.05) is 20.3 Å². The van der Waals surface area contributed by atoms with Crippen LogP contribution in [0.3, 0.4) is 0 Å². The Kier molecular flexibility index (Phi) is 4.45. The van der Waals surface area contributed by atoms with Crippen molar-refractivity contribution in [1.29, 1.82) is 0 Å². The molecule has 0 aliphatic rings. The van der Waals surface area contributed by atoms with E-state index in [-0.39, 0.29) is 16.7 Å². The van der Waals surface area contributed by atoms with Crippen LogP contribution in [0.5, 0.6) is 0 Å². The summed E-state index contributed by atoms with van der Waals surface area (Å²) in [5.41, 5.74) is 5.56. The Morgan fingerprint density at radius 3 is 2.71 bits per heavy atom. The lowest BCUT2D eigenvalue weighted by molar-refractivity contribution is -0.140. The third-order valence-electron chi connectivity index (χ3n) is 2.52. The van der Waals surface area contributed by atoms with Gasteiger partial charge < -0.3 is 16.2 Å². The number of nitrogens with one attached hydrogen (secondary N) is 1. The molecule has 1 rings (SSSR count). The van der Waals surface area contributed by atoms with E-state index in [4.69, 9.17) is 10.8 Å². The van der Waals surface area contributed by atoms with Crippen LogP contribution < -0.4 is 11.1 Å². The maximum Gasteiger partial charge on any atom is 0.326 e. The number of carbonyl (C=O) groups is 2. The number of nitrogens with zero attached hydrogens (tertiary/aromatic N) is 1. The number of carboxylic acid groups (broad SMARTS) is 1. The monoisotopic (exact) mass is 257 g/mol. The first-order valence-electron chi connectivity index (χ1n) is 5.20. The fraction of sp³-hybridized carbons (Fsp3) is 0.500. The van der Waals surface area contributed by atoms with E-state index in [1.807, 2.05) is 6.92 Å². The third-order valence-corrected chi connectivity index (χ3v) is 3.19. The van der Waals surface area contributed by atoms with Crippen LogP contribution in [-0.4, -0.2) is 28.0 Å². The molecule has 0 aromatic carbocycles. The van der Waals surface area contributed by atoms with Gasteiger partial charge in [0.2, 0.25) is 0 Å². The van der Waals surface area contributed by atoms with E-state index in [1.165, 1.54) is 5.38 Å². The minimum atomic E-state index is -1.05. The molecule has 17 heavy (non-hydrogen) atoms. The van der Waals surface area contributed by atoms with Crippen LogP contribution in [0.25, 0.3) is 0 Å². The molecule has 0 bridgehead atoms. The number of rotatable bonds is 5. The lowest BCUT2D eigenvalue weighted by Crippen LogP contribution is -2.45. The van der Waals surface area contributed by atoms with Gasteiger partial charge in [0.25, 0.3) is 5.91 Å². The summed E-state index contributed by atoms with van der Waals surface area (Å²) in [7, 11) is 0. The standard InChI is InChI=1S/C10H15N3O3S/c1-3-5(2)7(9(15)16)13-8(14)6-4-17-10(11)12-6/h4-5,7H,3H2,1-2H3,(H2,11,12)(H,13,14)(H,15,16)/t5-,7-/m0/s1. The molecule has 0 unspecified atom stereocenters. The number of anilines is 1. The zero-order valence-corrected chi connectivity index (χ0v) is 10.5. The highest BCUT2D eigenvalue weighted by molar-refractivity contribution is 7.13. The normalized spacial score (nSPS) is 14.0. The van der Waals surface area contributed by atoms with Crippen LogP contribution in [0.4, 0.5) is 5.13 Å². The summed E-state index contributed by atoms with van der Waals surface area (Å²) in [6, 6.07) is -0.907. The molecule has 0 radical (unpaired) electrons. The van der Waals surface area contributed by atoms with Crippen LogP contribution in [0.15, 0.2) is 5.38 Å². The molecule has 1 aromatic heterocycles. The molecule has 7 heteroatoms. The average Bonchev–Trinajstić information content (AvgIpc) is 2.71. The van der Waals surface area contributed by atoms with Crippen molar-refractivity contribution < 1.29 is 14.7 Å². The number of hydrogen-bond acceptors (Lipinski definition) is 5. The quantitative estimate of drug-likeness (QED) is 0.728. The second kappa shape index (κ2) is 5.62. The van der Waals surface area contributed by atoms with Crippen LogP contribution in [0.1, 0.15) is 30.8 Å². The summed E-state index contributed by atoms with van der Waals surface area (Å²) in [6.45, 7) is 3.64. The van der Waals surface area contributed by atoms with Crippen molar-refractivity contribution in [2.75, 3.05) is 5.73 Å². The van der Waals surface area contributed by atoms with Crippen molar-refractivity contribution in [3.8, 4) is 0 Å². The summed E-state index contributed by atoms with van der Waals surface area (Å²) in [4.78, 5) is 26.5. The van der Waals surface area contributed by atoms with Crippen molar-refractivity contribution in [3.05, 3.63) is 11.1 Å². The molecular weight excluding hydrogens is 242 g/mol. The van der Waals surface area contributed by atoms with Gasteiger partial charge in [0.15, 0.2) is 5.13 Å². The lowest BCUT2D eigenvalue weighted by atomic mass is 9.99. The average molecular weight is 257 g/mol. The van der Waals surface area contributed by atoms with Gasteiger partial charge in [0.05, 0.1) is 0 Å². The Balaban J connectivity index is 2.74. The number of thiazole rings is 1. The fourth-order valence-electron chi connectivity index (χ4n) is 1.29. The van der Waals surface area contributed by atoms with Gasteiger partial charge in [-0.25, -0.2) is 9.78 Å². The second-order valence-corrected chi connectivity index (χ2v) is 4.64. The van der Waals surface area contributed by atoms with E-state index in [0.29, 0.717) is 6.42 Å². The highest BCUT2D eigenvalue weighted by Gasteiger charge is 2.26. The number of aromatic nitrogens is 1. The van der Waals surface area contributed by atoms with Crippen molar-refractivity contribution >= 4 is 28.3 Å². The van der Waals surface area contributed by atoms with Crippen molar-refractivity contribution in [3.63, 3.8) is 0 Å². The maximum absolute atomic E-state index is 11.7. The molecule has 0 saturated heterocycles. The molecule has 2 atom stereocenters. The van der Waals surface area contributed by atoms with E-state index in [0.717, 1.165) is 11.3 Å². The van der Waals surface area contributed by atoms with Crippen LogP contribution in [0.2, 0.25) is 0 Å². The predicted octanol–water partition coefficient (Wildman–Crippen LogP) is 0.954. The van der Waals surface area contributed by atoms with E-state index in [1.54, 1.807) is 6.92 Å². The van der Waals surface area contributed by atoms with Gasteiger partial charge in [-0.05, 0) is 5.92 Å². The summed E-state index contributed by atoms with van der Waals surface area (Å²) in [5, 5.41) is 13.2. The molecule has 0 saturated carbocycles. The van der Waals surface area contributed by atoms with E-state index >= 15 is 0 Å². The minimum absolute atomic E-state index is 0.146. The smallest absolute Gasteiger partial charge is 0.326 e. The van der Waals surface area contributed by atoms with Crippen molar-refractivity contribution in [2.24, 2.45) is 5.92 Å². The number of carbonyl (C=O) groups excluding carboxylic acids is 1. The number of aliphatic carboxylic acids is 1. The lowest BCUT2D eigenvalue weighted by Gasteiger charge is -2.19. The zero-order valence-electron chi connectivity index (χ0n) is 9.64. The summed E-state index contributed by atoms with van der Waals surface area (Å²) in [6.07, 6.45) is 0.663. The third kappa shape index (κ3) is 3.42. The van der Waals surface area contributed by atoms with Crippen molar-refractivity contribution in [1.82, 2.24) is 10.3 Å². The SMILES string of the molecule is CC[C@H](C)[C@H](NC(=O)c1csc(N)n1)C(=O)O. The molecule has 0 aliphatic carbocycles. The first-order valence-corrected chi connectivity index (χ1v) is 6.08. The molecule has 1 heterocycles. The van der Waals surface area contributed by atoms with Gasteiger partial charge >= 0.3 is 5.97 Å².